The normalized spacial score (nSPS) is 22.4. The van der Waals surface area contributed by atoms with Crippen molar-refractivity contribution in [3.8, 4) is 17.2 Å². The first-order chi connectivity index (χ1) is 16.7. The summed E-state index contributed by atoms with van der Waals surface area (Å²) in [6.07, 6.45) is 7.20. The molecule has 0 aromatic heterocycles. The number of nitrogens with one attached hydrogen (secondary N) is 1. The van der Waals surface area contributed by atoms with Gasteiger partial charge in [-0.3, -0.25) is 4.90 Å². The fraction of sp³-hybridized carbons (Fsp3) is 0.519. The average molecular weight is 485 g/mol. The molecule has 6 nitrogen and oxygen atoms in total. The second kappa shape index (κ2) is 12.3. The summed E-state index contributed by atoms with van der Waals surface area (Å²) in [5, 5.41) is 3.69. The molecule has 1 heterocycles. The van der Waals surface area contributed by atoms with Crippen molar-refractivity contribution < 1.29 is 18.9 Å². The van der Waals surface area contributed by atoms with E-state index < -0.39 is 0 Å². The van der Waals surface area contributed by atoms with Gasteiger partial charge in [-0.15, -0.1) is 0 Å². The number of rotatable bonds is 9. The van der Waals surface area contributed by atoms with E-state index >= 15 is 0 Å². The zero-order chi connectivity index (χ0) is 23.8. The number of methoxy groups -OCH3 is 2. The molecular weight excluding hydrogens is 448 g/mol. The molecule has 1 saturated carbocycles. The third kappa shape index (κ3) is 6.54. The number of benzene rings is 2. The van der Waals surface area contributed by atoms with Crippen molar-refractivity contribution >= 4 is 23.1 Å². The Morgan fingerprint density at radius 2 is 1.56 bits per heavy atom. The van der Waals surface area contributed by atoms with Crippen LogP contribution in [0.2, 0.25) is 0 Å². The van der Waals surface area contributed by atoms with Gasteiger partial charge in [-0.2, -0.15) is 0 Å². The third-order valence-corrected chi connectivity index (χ3v) is 7.14. The molecule has 4 rings (SSSR count). The van der Waals surface area contributed by atoms with Gasteiger partial charge in [-0.05, 0) is 86.4 Å². The molecule has 184 valence electrons. The van der Waals surface area contributed by atoms with E-state index in [9.17, 15) is 0 Å². The summed E-state index contributed by atoms with van der Waals surface area (Å²) in [6, 6.07) is 16.1. The minimum Gasteiger partial charge on any atom is -0.497 e. The predicted molar refractivity (Wildman–Crippen MR) is 139 cm³/mol. The summed E-state index contributed by atoms with van der Waals surface area (Å²) < 4.78 is 22.7. The number of thiocarbonyl (C=S) groups is 1. The number of fused-ring (bicyclic) bond motifs is 1. The van der Waals surface area contributed by atoms with Gasteiger partial charge < -0.3 is 24.3 Å². The molecule has 7 heteroatoms. The van der Waals surface area contributed by atoms with Gasteiger partial charge >= 0.3 is 0 Å². The van der Waals surface area contributed by atoms with E-state index in [-0.39, 0.29) is 6.10 Å². The molecule has 0 radical (unpaired) electrons. The van der Waals surface area contributed by atoms with Crippen LogP contribution in [-0.4, -0.2) is 56.1 Å². The summed E-state index contributed by atoms with van der Waals surface area (Å²) >= 11 is 5.55. The molecule has 2 fully saturated rings. The summed E-state index contributed by atoms with van der Waals surface area (Å²) in [6.45, 7) is 2.81. The highest BCUT2D eigenvalue weighted by atomic mass is 32.1. The molecular formula is C27H36N2O4S. The molecule has 1 saturated heterocycles. The Bertz CT molecular complexity index is 906. The highest BCUT2D eigenvalue weighted by Gasteiger charge is 2.40. The van der Waals surface area contributed by atoms with Crippen LogP contribution in [0, 0.1) is 5.92 Å². The van der Waals surface area contributed by atoms with E-state index in [1.807, 2.05) is 48.5 Å². The number of piperidine rings is 1. The van der Waals surface area contributed by atoms with E-state index in [1.54, 1.807) is 14.2 Å². The van der Waals surface area contributed by atoms with Gasteiger partial charge in [0.05, 0.1) is 20.8 Å². The first kappa shape index (κ1) is 24.6. The molecule has 1 unspecified atom stereocenters. The summed E-state index contributed by atoms with van der Waals surface area (Å²) in [5.74, 6) is 3.09. The van der Waals surface area contributed by atoms with Gasteiger partial charge in [-0.25, -0.2) is 0 Å². The Balaban J connectivity index is 1.25. The highest BCUT2D eigenvalue weighted by molar-refractivity contribution is 7.80. The molecule has 1 aliphatic carbocycles. The first-order valence-electron chi connectivity index (χ1n) is 12.3. The molecule has 1 N–H and O–H groups in total. The molecule has 1 aliphatic heterocycles. The largest absolute Gasteiger partial charge is 0.497 e. The Hall–Kier alpha value is -2.51. The fourth-order valence-electron chi connectivity index (χ4n) is 5.21. The molecule has 2 aliphatic rings. The quantitative estimate of drug-likeness (QED) is 0.371. The Morgan fingerprint density at radius 3 is 2.26 bits per heavy atom. The lowest BCUT2D eigenvalue weighted by molar-refractivity contribution is -0.0288. The van der Waals surface area contributed by atoms with E-state index in [0.29, 0.717) is 17.1 Å². The van der Waals surface area contributed by atoms with Gasteiger partial charge in [0.2, 0.25) is 0 Å². The predicted octanol–water partition coefficient (Wildman–Crippen LogP) is 5.52. The van der Waals surface area contributed by atoms with Crippen molar-refractivity contribution in [1.29, 1.82) is 0 Å². The Labute approximate surface area is 208 Å². The fourth-order valence-corrected chi connectivity index (χ4v) is 5.45. The monoisotopic (exact) mass is 484 g/mol. The number of likely N-dealkylation sites (tertiary alicyclic amines) is 1. The highest BCUT2D eigenvalue weighted by Crippen LogP contribution is 2.37. The number of nitrogens with zero attached hydrogens (tertiary/aromatic N) is 1. The summed E-state index contributed by atoms with van der Waals surface area (Å²) in [7, 11) is 3.34. The summed E-state index contributed by atoms with van der Waals surface area (Å²) in [5.41, 5.74) is 0.917. The van der Waals surface area contributed by atoms with Crippen molar-refractivity contribution in [1.82, 2.24) is 4.90 Å². The molecule has 2 aromatic rings. The van der Waals surface area contributed by atoms with Crippen molar-refractivity contribution in [2.24, 2.45) is 5.92 Å². The van der Waals surface area contributed by atoms with E-state index in [0.717, 1.165) is 55.5 Å². The Kier molecular flexibility index (Phi) is 8.88. The van der Waals surface area contributed by atoms with Crippen molar-refractivity contribution in [2.75, 3.05) is 39.2 Å². The zero-order valence-corrected chi connectivity index (χ0v) is 21.0. The van der Waals surface area contributed by atoms with Crippen LogP contribution in [0.5, 0.6) is 17.2 Å². The Morgan fingerprint density at radius 1 is 0.912 bits per heavy atom. The maximum atomic E-state index is 6.30. The van der Waals surface area contributed by atoms with E-state index in [1.165, 1.54) is 25.7 Å². The maximum absolute atomic E-state index is 6.30. The number of hydrogen-bond donors (Lipinski definition) is 1. The standard InChI is InChI=1S/C27H36N2O4S/c1-30-21-10-8-20(9-11-21)28-27(34)33-26-16-18-29(25-7-4-3-6-24(25)26)17-5-19-32-23-14-12-22(31-2)13-15-23/h8-15,24-26H,3-7,16-19H2,1-2H3,(H,28,34)/t24-,25?,26+/m1/s1. The van der Waals surface area contributed by atoms with Crippen LogP contribution in [0.4, 0.5) is 5.69 Å². The van der Waals surface area contributed by atoms with Crippen LogP contribution in [0.25, 0.3) is 0 Å². The molecule has 34 heavy (non-hydrogen) atoms. The van der Waals surface area contributed by atoms with E-state index in [2.05, 4.69) is 10.2 Å². The SMILES string of the molecule is COc1ccc(NC(=S)O[C@H]2CCN(CCCOc3ccc(OC)cc3)C3CCCC[C@H]32)cc1. The lowest BCUT2D eigenvalue weighted by Crippen LogP contribution is -2.54. The van der Waals surface area contributed by atoms with Crippen molar-refractivity contribution in [2.45, 2.75) is 50.7 Å². The minimum absolute atomic E-state index is 0.176. The van der Waals surface area contributed by atoms with Crippen LogP contribution in [0.3, 0.4) is 0 Å². The zero-order valence-electron chi connectivity index (χ0n) is 20.2. The first-order valence-corrected chi connectivity index (χ1v) is 12.7. The third-order valence-electron chi connectivity index (χ3n) is 6.94. The van der Waals surface area contributed by atoms with Gasteiger partial charge in [0.25, 0.3) is 5.17 Å². The topological polar surface area (TPSA) is 52.2 Å². The minimum atomic E-state index is 0.176. The van der Waals surface area contributed by atoms with Gasteiger partial charge in [-0.1, -0.05) is 12.8 Å². The molecule has 0 spiro atoms. The van der Waals surface area contributed by atoms with Gasteiger partial charge in [0, 0.05) is 30.7 Å². The summed E-state index contributed by atoms with van der Waals surface area (Å²) in [4.78, 5) is 2.65. The van der Waals surface area contributed by atoms with Gasteiger partial charge in [0.15, 0.2) is 0 Å². The van der Waals surface area contributed by atoms with Crippen LogP contribution < -0.4 is 19.5 Å². The van der Waals surface area contributed by atoms with Crippen LogP contribution >= 0.6 is 12.2 Å². The lowest BCUT2D eigenvalue weighted by Gasteiger charge is -2.47. The second-order valence-corrected chi connectivity index (χ2v) is 9.39. The number of anilines is 1. The second-order valence-electron chi connectivity index (χ2n) is 9.02. The average Bonchev–Trinajstić information content (AvgIpc) is 2.88. The lowest BCUT2D eigenvalue weighted by atomic mass is 9.76. The van der Waals surface area contributed by atoms with Crippen molar-refractivity contribution in [3.05, 3.63) is 48.5 Å². The number of ether oxygens (including phenoxy) is 4. The van der Waals surface area contributed by atoms with E-state index in [4.69, 9.17) is 31.2 Å². The van der Waals surface area contributed by atoms with Gasteiger partial charge in [0.1, 0.15) is 23.4 Å². The van der Waals surface area contributed by atoms with Crippen LogP contribution in [0.15, 0.2) is 48.5 Å². The van der Waals surface area contributed by atoms with Crippen LogP contribution in [-0.2, 0) is 4.74 Å². The van der Waals surface area contributed by atoms with Crippen LogP contribution in [0.1, 0.15) is 38.5 Å². The molecule has 3 atom stereocenters. The smallest absolute Gasteiger partial charge is 0.261 e. The molecule has 2 aromatic carbocycles. The molecule has 0 amide bonds. The molecule has 0 bridgehead atoms. The van der Waals surface area contributed by atoms with Crippen molar-refractivity contribution in [3.63, 3.8) is 0 Å². The maximum Gasteiger partial charge on any atom is 0.261 e. The number of hydrogen-bond acceptors (Lipinski definition) is 6.